The zero-order chi connectivity index (χ0) is 24.4. The molecule has 0 radical (unpaired) electrons. The zero-order valence-electron chi connectivity index (χ0n) is 20.2. The van der Waals surface area contributed by atoms with Gasteiger partial charge in [0.2, 0.25) is 0 Å². The van der Waals surface area contributed by atoms with Crippen LogP contribution in [0.4, 0.5) is 0 Å². The van der Waals surface area contributed by atoms with Crippen molar-refractivity contribution in [1.82, 2.24) is 24.7 Å². The molecule has 2 aromatic heterocycles. The van der Waals surface area contributed by atoms with Crippen LogP contribution in [0.15, 0.2) is 67.1 Å². The maximum absolute atomic E-state index is 11.3. The van der Waals surface area contributed by atoms with E-state index < -0.39 is 5.91 Å². The van der Waals surface area contributed by atoms with Crippen LogP contribution in [-0.4, -0.2) is 36.9 Å². The summed E-state index contributed by atoms with van der Waals surface area (Å²) in [5.41, 5.74) is 9.13. The monoisotopic (exact) mass is 469 g/mol. The summed E-state index contributed by atoms with van der Waals surface area (Å²) in [7, 11) is 4.07. The number of hydrogen-bond donors (Lipinski definition) is 2. The van der Waals surface area contributed by atoms with Gasteiger partial charge in [-0.15, -0.1) is 0 Å². The lowest BCUT2D eigenvalue weighted by molar-refractivity contribution is -0.124. The minimum absolute atomic E-state index is 0.332. The Morgan fingerprint density at radius 2 is 2.09 bits per heavy atom. The van der Waals surface area contributed by atoms with Crippen molar-refractivity contribution in [3.8, 4) is 0 Å². The molecule has 1 amide bonds. The lowest BCUT2D eigenvalue weighted by atomic mass is 10.0. The smallest absolute Gasteiger partial charge is 0.267 e. The third-order valence-electron chi connectivity index (χ3n) is 6.98. The van der Waals surface area contributed by atoms with Crippen molar-refractivity contribution in [3.05, 3.63) is 94.9 Å². The van der Waals surface area contributed by atoms with E-state index in [-0.39, 0.29) is 0 Å². The SMILES string of the molecule is Cn1cc(CN(CCc2cn(C)c3ccccc23)C2CCc3cc(C=CC(=O)NO)ccc32)cn1. The molecule has 35 heavy (non-hydrogen) atoms. The van der Waals surface area contributed by atoms with Gasteiger partial charge in [-0.2, -0.15) is 5.10 Å². The lowest BCUT2D eigenvalue weighted by Crippen LogP contribution is -2.29. The minimum Gasteiger partial charge on any atom is -0.350 e. The molecule has 2 N–H and O–H groups in total. The number of hydroxylamine groups is 1. The number of nitrogens with zero attached hydrogens (tertiary/aromatic N) is 4. The van der Waals surface area contributed by atoms with Gasteiger partial charge >= 0.3 is 0 Å². The Hall–Kier alpha value is -3.68. The van der Waals surface area contributed by atoms with Gasteiger partial charge in [-0.1, -0.05) is 36.4 Å². The molecular formula is C28H31N5O2. The summed E-state index contributed by atoms with van der Waals surface area (Å²) in [6.07, 6.45) is 12.4. The number of fused-ring (bicyclic) bond motifs is 2. The number of amides is 1. The fourth-order valence-corrected chi connectivity index (χ4v) is 5.33. The Kier molecular flexibility index (Phi) is 6.53. The molecule has 0 bridgehead atoms. The van der Waals surface area contributed by atoms with Crippen molar-refractivity contribution < 1.29 is 10.0 Å². The second-order valence-electron chi connectivity index (χ2n) is 9.35. The van der Waals surface area contributed by atoms with Gasteiger partial charge in [-0.05, 0) is 53.7 Å². The van der Waals surface area contributed by atoms with Crippen LogP contribution in [0.2, 0.25) is 0 Å². The molecule has 7 heteroatoms. The van der Waals surface area contributed by atoms with Crippen LogP contribution in [-0.2, 0) is 38.3 Å². The van der Waals surface area contributed by atoms with E-state index in [1.807, 2.05) is 24.0 Å². The first kappa shape index (κ1) is 23.1. The first-order valence-electron chi connectivity index (χ1n) is 12.0. The molecule has 7 nitrogen and oxygen atoms in total. The maximum atomic E-state index is 11.3. The minimum atomic E-state index is -0.528. The Morgan fingerprint density at radius 3 is 2.89 bits per heavy atom. The van der Waals surface area contributed by atoms with Crippen molar-refractivity contribution in [1.29, 1.82) is 0 Å². The van der Waals surface area contributed by atoms with Gasteiger partial charge in [-0.3, -0.25) is 19.6 Å². The van der Waals surface area contributed by atoms with Gasteiger partial charge in [0.05, 0.1) is 6.20 Å². The van der Waals surface area contributed by atoms with Crippen LogP contribution in [0.1, 0.15) is 40.3 Å². The summed E-state index contributed by atoms with van der Waals surface area (Å²) >= 11 is 0. The van der Waals surface area contributed by atoms with Gasteiger partial charge < -0.3 is 4.57 Å². The van der Waals surface area contributed by atoms with Crippen molar-refractivity contribution >= 4 is 22.9 Å². The summed E-state index contributed by atoms with van der Waals surface area (Å²) < 4.78 is 4.08. The van der Waals surface area contributed by atoms with E-state index in [0.717, 1.165) is 37.9 Å². The average molecular weight is 470 g/mol. The number of aryl methyl sites for hydroxylation is 3. The molecular weight excluding hydrogens is 438 g/mol. The van der Waals surface area contributed by atoms with Gasteiger partial charge in [0, 0.05) is 68.2 Å². The molecule has 2 aromatic carbocycles. The summed E-state index contributed by atoms with van der Waals surface area (Å²) in [6.45, 7) is 1.80. The zero-order valence-corrected chi connectivity index (χ0v) is 20.2. The molecule has 5 rings (SSSR count). The Labute approximate surface area is 205 Å². The molecule has 1 unspecified atom stereocenters. The molecule has 0 saturated carbocycles. The third kappa shape index (κ3) is 4.92. The number of para-hydroxylation sites is 1. The quantitative estimate of drug-likeness (QED) is 0.231. The lowest BCUT2D eigenvalue weighted by Gasteiger charge is -2.29. The molecule has 0 saturated heterocycles. The number of hydrogen-bond acceptors (Lipinski definition) is 4. The maximum Gasteiger partial charge on any atom is 0.267 e. The second kappa shape index (κ2) is 9.90. The molecule has 0 aliphatic heterocycles. The number of nitrogens with one attached hydrogen (secondary N) is 1. The summed E-state index contributed by atoms with van der Waals surface area (Å²) in [5, 5.41) is 14.4. The van der Waals surface area contributed by atoms with E-state index in [2.05, 4.69) is 70.4 Å². The molecule has 1 atom stereocenters. The Bertz CT molecular complexity index is 1380. The summed E-state index contributed by atoms with van der Waals surface area (Å²) in [5.74, 6) is -0.528. The third-order valence-corrected chi connectivity index (χ3v) is 6.98. The summed E-state index contributed by atoms with van der Waals surface area (Å²) in [6, 6.07) is 15.3. The van der Waals surface area contributed by atoms with E-state index >= 15 is 0 Å². The molecule has 2 heterocycles. The number of aromatic nitrogens is 3. The topological polar surface area (TPSA) is 75.3 Å². The predicted octanol–water partition coefficient (Wildman–Crippen LogP) is 4.16. The number of benzene rings is 2. The number of carbonyl (C=O) groups is 1. The van der Waals surface area contributed by atoms with Gasteiger partial charge in [-0.25, -0.2) is 5.48 Å². The molecule has 180 valence electrons. The average Bonchev–Trinajstić information content (AvgIpc) is 3.57. The predicted molar refractivity (Wildman–Crippen MR) is 137 cm³/mol. The van der Waals surface area contributed by atoms with Crippen molar-refractivity contribution in [2.45, 2.75) is 31.8 Å². The van der Waals surface area contributed by atoms with E-state index in [4.69, 9.17) is 5.21 Å². The van der Waals surface area contributed by atoms with E-state index in [1.54, 1.807) is 11.6 Å². The fraction of sp³-hybridized carbons (Fsp3) is 0.286. The van der Waals surface area contributed by atoms with Crippen molar-refractivity contribution in [2.75, 3.05) is 6.54 Å². The highest BCUT2D eigenvalue weighted by molar-refractivity contribution is 5.90. The van der Waals surface area contributed by atoms with E-state index in [1.165, 1.54) is 39.2 Å². The molecule has 0 fully saturated rings. The first-order valence-corrected chi connectivity index (χ1v) is 12.0. The van der Waals surface area contributed by atoms with Crippen LogP contribution >= 0.6 is 0 Å². The molecule has 0 spiro atoms. The normalized spacial score (nSPS) is 15.4. The largest absolute Gasteiger partial charge is 0.350 e. The van der Waals surface area contributed by atoms with Crippen LogP contribution in [0.25, 0.3) is 17.0 Å². The number of carbonyl (C=O) groups excluding carboxylic acids is 1. The highest BCUT2D eigenvalue weighted by Gasteiger charge is 2.28. The standard InChI is InChI=1S/C28H31N5O2/c1-31-19-23(24-5-3-4-6-26(24)31)13-14-33(18-21-16-29-32(2)17-21)27-11-9-22-15-20(7-10-25(22)27)8-12-28(34)30-35/h3-8,10,12,15-17,19,27,35H,9,11,13-14,18H2,1-2H3,(H,30,34). The van der Waals surface area contributed by atoms with Crippen molar-refractivity contribution in [3.63, 3.8) is 0 Å². The van der Waals surface area contributed by atoms with E-state index in [0.29, 0.717) is 6.04 Å². The fourth-order valence-electron chi connectivity index (χ4n) is 5.33. The van der Waals surface area contributed by atoms with Crippen LogP contribution in [0.3, 0.4) is 0 Å². The highest BCUT2D eigenvalue weighted by Crippen LogP contribution is 2.37. The van der Waals surface area contributed by atoms with Gasteiger partial charge in [0.15, 0.2) is 0 Å². The summed E-state index contributed by atoms with van der Waals surface area (Å²) in [4.78, 5) is 13.9. The molecule has 1 aliphatic carbocycles. The number of rotatable bonds is 8. The Morgan fingerprint density at radius 1 is 1.23 bits per heavy atom. The van der Waals surface area contributed by atoms with Crippen LogP contribution in [0.5, 0.6) is 0 Å². The highest BCUT2D eigenvalue weighted by atomic mass is 16.5. The second-order valence-corrected chi connectivity index (χ2v) is 9.35. The molecule has 1 aliphatic rings. The van der Waals surface area contributed by atoms with Crippen LogP contribution < -0.4 is 5.48 Å². The van der Waals surface area contributed by atoms with Crippen molar-refractivity contribution in [2.24, 2.45) is 14.1 Å². The van der Waals surface area contributed by atoms with Crippen LogP contribution in [0, 0.1) is 0 Å². The van der Waals surface area contributed by atoms with Gasteiger partial charge in [0.25, 0.3) is 5.91 Å². The Balaban J connectivity index is 1.40. The molecule has 4 aromatic rings. The van der Waals surface area contributed by atoms with Gasteiger partial charge in [0.1, 0.15) is 0 Å². The van der Waals surface area contributed by atoms with E-state index in [9.17, 15) is 4.79 Å². The first-order chi connectivity index (χ1) is 17.0.